The van der Waals surface area contributed by atoms with Crippen molar-refractivity contribution in [2.24, 2.45) is 0 Å². The van der Waals surface area contributed by atoms with Crippen molar-refractivity contribution >= 4 is 56.9 Å². The predicted octanol–water partition coefficient (Wildman–Crippen LogP) is 5.49. The molecule has 0 saturated carbocycles. The molecule has 0 bridgehead atoms. The Bertz CT molecular complexity index is 957. The van der Waals surface area contributed by atoms with Gasteiger partial charge in [-0.2, -0.15) is 0 Å². The second-order valence-electron chi connectivity index (χ2n) is 6.04. The van der Waals surface area contributed by atoms with Crippen molar-refractivity contribution in [3.8, 4) is 0 Å². The molecule has 6 nitrogen and oxygen atoms in total. The van der Waals surface area contributed by atoms with Crippen molar-refractivity contribution in [3.63, 3.8) is 0 Å². The molecule has 0 saturated heterocycles. The van der Waals surface area contributed by atoms with Crippen LogP contribution in [-0.4, -0.2) is 22.0 Å². The lowest BCUT2D eigenvalue weighted by Gasteiger charge is -2.08. The molecule has 2 amide bonds. The summed E-state index contributed by atoms with van der Waals surface area (Å²) in [4.78, 5) is 25.3. The van der Waals surface area contributed by atoms with Crippen LogP contribution in [0, 0.1) is 0 Å². The first kappa shape index (κ1) is 20.4. The second kappa shape index (κ2) is 9.77. The molecule has 9 heteroatoms. The van der Waals surface area contributed by atoms with Gasteiger partial charge in [-0.15, -0.1) is 21.5 Å². The summed E-state index contributed by atoms with van der Waals surface area (Å²) in [7, 11) is 0. The molecule has 0 unspecified atom stereocenters. The zero-order valence-electron chi connectivity index (χ0n) is 15.2. The van der Waals surface area contributed by atoms with E-state index in [1.165, 1.54) is 22.7 Å². The fourth-order valence-corrected chi connectivity index (χ4v) is 4.01. The summed E-state index contributed by atoms with van der Waals surface area (Å²) in [6.45, 7) is 2.15. The second-order valence-corrected chi connectivity index (χ2v) is 8.46. The Hall–Kier alpha value is -2.29. The summed E-state index contributed by atoms with van der Waals surface area (Å²) in [5.74, 6) is -0.602. The molecule has 2 N–H and O–H groups in total. The van der Waals surface area contributed by atoms with Gasteiger partial charge in [0.05, 0.1) is 15.6 Å². The summed E-state index contributed by atoms with van der Waals surface area (Å²) in [6.07, 6.45) is 4.21. The molecule has 0 aliphatic rings. The minimum atomic E-state index is -0.334. The lowest BCUT2D eigenvalue weighted by atomic mass is 10.2. The zero-order valence-corrected chi connectivity index (χ0v) is 17.6. The number of nitrogens with zero attached hydrogens (tertiary/aromatic N) is 2. The van der Waals surface area contributed by atoms with Gasteiger partial charge in [0, 0.05) is 12.0 Å². The minimum Gasteiger partial charge on any atom is -0.320 e. The molecule has 0 aliphatic heterocycles. The SMILES string of the molecule is CCCCCc1nnc(NC(=O)c2ccc(Cl)c(NC(=O)c3cccs3)c2)s1. The average Bonchev–Trinajstić information content (AvgIpc) is 3.36. The van der Waals surface area contributed by atoms with Gasteiger partial charge in [0.25, 0.3) is 11.8 Å². The molecule has 0 aliphatic carbocycles. The van der Waals surface area contributed by atoms with Gasteiger partial charge in [-0.05, 0) is 36.1 Å². The summed E-state index contributed by atoms with van der Waals surface area (Å²) in [5.41, 5.74) is 0.749. The van der Waals surface area contributed by atoms with Crippen LogP contribution in [0.1, 0.15) is 51.2 Å². The van der Waals surface area contributed by atoms with Crippen molar-refractivity contribution in [1.29, 1.82) is 0 Å². The highest BCUT2D eigenvalue weighted by Crippen LogP contribution is 2.25. The van der Waals surface area contributed by atoms with Crippen molar-refractivity contribution in [3.05, 3.63) is 56.2 Å². The molecule has 0 atom stereocenters. The summed E-state index contributed by atoms with van der Waals surface area (Å²) in [5, 5.41) is 17.2. The molecule has 0 fully saturated rings. The quantitative estimate of drug-likeness (QED) is 0.459. The van der Waals surface area contributed by atoms with E-state index in [2.05, 4.69) is 27.8 Å². The molecule has 28 heavy (non-hydrogen) atoms. The van der Waals surface area contributed by atoms with Gasteiger partial charge in [-0.25, -0.2) is 0 Å². The highest BCUT2D eigenvalue weighted by Gasteiger charge is 2.14. The number of aryl methyl sites for hydroxylation is 1. The Morgan fingerprint density at radius 3 is 2.71 bits per heavy atom. The smallest absolute Gasteiger partial charge is 0.265 e. The van der Waals surface area contributed by atoms with E-state index in [0.29, 0.717) is 26.3 Å². The van der Waals surface area contributed by atoms with Gasteiger partial charge < -0.3 is 5.32 Å². The number of aromatic nitrogens is 2. The van der Waals surface area contributed by atoms with E-state index in [1.54, 1.807) is 30.3 Å². The van der Waals surface area contributed by atoms with Crippen LogP contribution in [-0.2, 0) is 6.42 Å². The lowest BCUT2D eigenvalue weighted by molar-refractivity contribution is 0.101. The Labute approximate surface area is 176 Å². The van der Waals surface area contributed by atoms with E-state index < -0.39 is 0 Å². The van der Waals surface area contributed by atoms with Gasteiger partial charge in [-0.1, -0.05) is 48.8 Å². The van der Waals surface area contributed by atoms with E-state index in [0.717, 1.165) is 30.7 Å². The van der Waals surface area contributed by atoms with Gasteiger partial charge in [0.1, 0.15) is 5.01 Å². The van der Waals surface area contributed by atoms with Crippen LogP contribution in [0.4, 0.5) is 10.8 Å². The maximum absolute atomic E-state index is 12.5. The van der Waals surface area contributed by atoms with Crippen molar-refractivity contribution in [2.75, 3.05) is 10.6 Å². The van der Waals surface area contributed by atoms with Crippen molar-refractivity contribution in [2.45, 2.75) is 32.6 Å². The number of hydrogen-bond acceptors (Lipinski definition) is 6. The molecular weight excluding hydrogens is 416 g/mol. The Kier molecular flexibility index (Phi) is 7.13. The van der Waals surface area contributed by atoms with Gasteiger partial charge in [0.15, 0.2) is 0 Å². The van der Waals surface area contributed by atoms with Crippen LogP contribution in [0.15, 0.2) is 35.7 Å². The number of thiophene rings is 1. The fourth-order valence-electron chi connectivity index (χ4n) is 2.45. The maximum atomic E-state index is 12.5. The molecule has 3 rings (SSSR count). The van der Waals surface area contributed by atoms with Crippen LogP contribution in [0.5, 0.6) is 0 Å². The summed E-state index contributed by atoms with van der Waals surface area (Å²) >= 11 is 8.87. The topological polar surface area (TPSA) is 84.0 Å². The Morgan fingerprint density at radius 2 is 1.96 bits per heavy atom. The first-order chi connectivity index (χ1) is 13.6. The highest BCUT2D eigenvalue weighted by atomic mass is 35.5. The molecule has 2 aromatic heterocycles. The standard InChI is InChI=1S/C19H19ClN4O2S2/c1-2-3-4-7-16-23-24-19(28-16)22-17(25)12-8-9-13(20)14(11-12)21-18(26)15-6-5-10-27-15/h5-6,8-11H,2-4,7H2,1H3,(H,21,26)(H,22,24,25). The van der Waals surface area contributed by atoms with Gasteiger partial charge in [0.2, 0.25) is 5.13 Å². The van der Waals surface area contributed by atoms with Crippen LogP contribution in [0.3, 0.4) is 0 Å². The van der Waals surface area contributed by atoms with Gasteiger partial charge >= 0.3 is 0 Å². The molecular formula is C19H19ClN4O2S2. The Balaban J connectivity index is 1.66. The van der Waals surface area contributed by atoms with Crippen LogP contribution in [0.25, 0.3) is 0 Å². The molecule has 1 aromatic carbocycles. The first-order valence-electron chi connectivity index (χ1n) is 8.85. The third-order valence-corrected chi connectivity index (χ3v) is 6.00. The molecule has 0 radical (unpaired) electrons. The lowest BCUT2D eigenvalue weighted by Crippen LogP contribution is -2.14. The molecule has 146 valence electrons. The Morgan fingerprint density at radius 1 is 1.11 bits per heavy atom. The highest BCUT2D eigenvalue weighted by molar-refractivity contribution is 7.15. The minimum absolute atomic E-state index is 0.268. The number of nitrogens with one attached hydrogen (secondary N) is 2. The number of anilines is 2. The number of carbonyl (C=O) groups is 2. The van der Waals surface area contributed by atoms with Gasteiger partial charge in [-0.3, -0.25) is 14.9 Å². The monoisotopic (exact) mass is 434 g/mol. The average molecular weight is 435 g/mol. The molecule has 2 heterocycles. The summed E-state index contributed by atoms with van der Waals surface area (Å²) < 4.78 is 0. The third-order valence-electron chi connectivity index (χ3n) is 3.90. The van der Waals surface area contributed by atoms with E-state index in [1.807, 2.05) is 5.38 Å². The normalized spacial score (nSPS) is 10.6. The molecule has 3 aromatic rings. The fraction of sp³-hybridized carbons (Fsp3) is 0.263. The van der Waals surface area contributed by atoms with E-state index in [-0.39, 0.29) is 11.8 Å². The largest absolute Gasteiger partial charge is 0.320 e. The zero-order chi connectivity index (χ0) is 19.9. The van der Waals surface area contributed by atoms with Crippen LogP contribution < -0.4 is 10.6 Å². The number of unbranched alkanes of at least 4 members (excludes halogenated alkanes) is 2. The van der Waals surface area contributed by atoms with Crippen LogP contribution in [0.2, 0.25) is 5.02 Å². The molecule has 0 spiro atoms. The number of benzene rings is 1. The van der Waals surface area contributed by atoms with Crippen LogP contribution >= 0.6 is 34.3 Å². The van der Waals surface area contributed by atoms with E-state index in [4.69, 9.17) is 11.6 Å². The number of rotatable bonds is 8. The van der Waals surface area contributed by atoms with E-state index in [9.17, 15) is 9.59 Å². The van der Waals surface area contributed by atoms with Crippen molar-refractivity contribution in [1.82, 2.24) is 10.2 Å². The predicted molar refractivity (Wildman–Crippen MR) is 115 cm³/mol. The number of carbonyl (C=O) groups excluding carboxylic acids is 2. The number of hydrogen-bond donors (Lipinski definition) is 2. The van der Waals surface area contributed by atoms with Crippen molar-refractivity contribution < 1.29 is 9.59 Å². The third kappa shape index (κ3) is 5.37. The maximum Gasteiger partial charge on any atom is 0.265 e. The summed E-state index contributed by atoms with van der Waals surface area (Å²) in [6, 6.07) is 8.24. The van der Waals surface area contributed by atoms with E-state index >= 15 is 0 Å². The number of halogens is 1. The number of amides is 2. The first-order valence-corrected chi connectivity index (χ1v) is 10.9.